The van der Waals surface area contributed by atoms with Gasteiger partial charge in [-0.3, -0.25) is 9.59 Å². The van der Waals surface area contributed by atoms with Crippen molar-refractivity contribution in [3.8, 4) is 11.5 Å². The van der Waals surface area contributed by atoms with Crippen molar-refractivity contribution < 1.29 is 19.1 Å². The number of nitrogens with zero attached hydrogens (tertiary/aromatic N) is 1. The number of ketones is 1. The molecule has 0 saturated heterocycles. The molecule has 0 radical (unpaired) electrons. The molecule has 1 aliphatic carbocycles. The van der Waals surface area contributed by atoms with Crippen LogP contribution in [0.5, 0.6) is 11.5 Å². The normalized spacial score (nSPS) is 19.4. The minimum atomic E-state index is -0.351. The van der Waals surface area contributed by atoms with Gasteiger partial charge >= 0.3 is 0 Å². The number of benzene rings is 2. The molecule has 2 aliphatic heterocycles. The quantitative estimate of drug-likeness (QED) is 0.782. The number of ether oxygens (including phenoxy) is 2. The van der Waals surface area contributed by atoms with Crippen LogP contribution in [0, 0.1) is 0 Å². The van der Waals surface area contributed by atoms with Crippen LogP contribution in [0.4, 0.5) is 5.69 Å². The van der Waals surface area contributed by atoms with E-state index in [9.17, 15) is 9.59 Å². The van der Waals surface area contributed by atoms with Gasteiger partial charge in [0, 0.05) is 18.3 Å². The standard InChI is InChI=1S/C24H25NO4/c26-21-15-24(11-4-1-5-12-24)29-22-14-18(8-9-19(21)22)28-16-23(27)25-13-10-17-6-2-3-7-20(17)25/h2-3,6-9,14H,1,4-5,10-13,15-16H2. The van der Waals surface area contributed by atoms with Crippen LogP contribution in [0.1, 0.15) is 54.4 Å². The lowest BCUT2D eigenvalue weighted by Gasteiger charge is -2.40. The van der Waals surface area contributed by atoms with Crippen LogP contribution in [-0.2, 0) is 11.2 Å². The summed E-state index contributed by atoms with van der Waals surface area (Å²) < 4.78 is 12.1. The largest absolute Gasteiger partial charge is 0.486 e. The summed E-state index contributed by atoms with van der Waals surface area (Å²) in [7, 11) is 0. The number of Topliss-reactive ketones (excluding diaryl/α,β-unsaturated/α-hetero) is 1. The van der Waals surface area contributed by atoms with E-state index in [0.717, 1.165) is 37.8 Å². The first-order chi connectivity index (χ1) is 14.1. The first-order valence-corrected chi connectivity index (χ1v) is 10.5. The molecule has 1 saturated carbocycles. The Balaban J connectivity index is 1.29. The molecular weight excluding hydrogens is 366 g/mol. The molecule has 0 N–H and O–H groups in total. The molecule has 2 aromatic rings. The van der Waals surface area contributed by atoms with E-state index in [1.807, 2.05) is 18.2 Å². The number of anilines is 1. The van der Waals surface area contributed by atoms with E-state index in [4.69, 9.17) is 9.47 Å². The molecule has 5 rings (SSSR count). The maximum Gasteiger partial charge on any atom is 0.264 e. The van der Waals surface area contributed by atoms with E-state index in [2.05, 4.69) is 6.07 Å². The number of rotatable bonds is 3. The Bertz CT molecular complexity index is 961. The summed E-state index contributed by atoms with van der Waals surface area (Å²) in [4.78, 5) is 27.1. The number of fused-ring (bicyclic) bond motifs is 2. The van der Waals surface area contributed by atoms with E-state index in [0.29, 0.717) is 30.0 Å². The number of carbonyl (C=O) groups excluding carboxylic acids is 2. The molecule has 2 heterocycles. The van der Waals surface area contributed by atoms with Gasteiger partial charge in [-0.2, -0.15) is 0 Å². The Morgan fingerprint density at radius 1 is 1.10 bits per heavy atom. The second-order valence-corrected chi connectivity index (χ2v) is 8.32. The zero-order chi connectivity index (χ0) is 19.8. The molecule has 150 valence electrons. The summed E-state index contributed by atoms with van der Waals surface area (Å²) in [6.07, 6.45) is 6.60. The fraction of sp³-hybridized carbons (Fsp3) is 0.417. The van der Waals surface area contributed by atoms with E-state index < -0.39 is 0 Å². The molecule has 0 unspecified atom stereocenters. The third-order valence-corrected chi connectivity index (χ3v) is 6.38. The highest BCUT2D eigenvalue weighted by Gasteiger charge is 2.41. The minimum Gasteiger partial charge on any atom is -0.486 e. The van der Waals surface area contributed by atoms with E-state index in [1.165, 1.54) is 12.0 Å². The highest BCUT2D eigenvalue weighted by molar-refractivity contribution is 6.00. The van der Waals surface area contributed by atoms with Crippen molar-refractivity contribution in [2.45, 2.75) is 50.5 Å². The Morgan fingerprint density at radius 3 is 2.79 bits per heavy atom. The highest BCUT2D eigenvalue weighted by atomic mass is 16.5. The average molecular weight is 391 g/mol. The maximum absolute atomic E-state index is 12.7. The molecule has 1 fully saturated rings. The summed E-state index contributed by atoms with van der Waals surface area (Å²) in [5, 5.41) is 0. The fourth-order valence-electron chi connectivity index (χ4n) is 4.86. The van der Waals surface area contributed by atoms with E-state index >= 15 is 0 Å². The molecule has 29 heavy (non-hydrogen) atoms. The Morgan fingerprint density at radius 2 is 1.93 bits per heavy atom. The van der Waals surface area contributed by atoms with Crippen LogP contribution in [-0.4, -0.2) is 30.4 Å². The molecular formula is C24H25NO4. The average Bonchev–Trinajstić information content (AvgIpc) is 3.16. The molecule has 5 heteroatoms. The van der Waals surface area contributed by atoms with Gasteiger partial charge in [-0.1, -0.05) is 24.6 Å². The van der Waals surface area contributed by atoms with Gasteiger partial charge in [0.05, 0.1) is 12.0 Å². The Hall–Kier alpha value is -2.82. The van der Waals surface area contributed by atoms with Gasteiger partial charge in [-0.25, -0.2) is 0 Å². The van der Waals surface area contributed by atoms with Gasteiger partial charge in [-0.05, 0) is 55.9 Å². The molecule has 3 aliphatic rings. The lowest BCUT2D eigenvalue weighted by atomic mass is 9.78. The number of amides is 1. The minimum absolute atomic E-state index is 0.0355. The van der Waals surface area contributed by atoms with E-state index in [-0.39, 0.29) is 23.9 Å². The fourth-order valence-corrected chi connectivity index (χ4v) is 4.86. The summed E-state index contributed by atoms with van der Waals surface area (Å²) >= 11 is 0. The van der Waals surface area contributed by atoms with Crippen molar-refractivity contribution in [2.24, 2.45) is 0 Å². The Kier molecular flexibility index (Phi) is 4.53. The lowest BCUT2D eigenvalue weighted by Crippen LogP contribution is -2.43. The molecule has 2 aromatic carbocycles. The first-order valence-electron chi connectivity index (χ1n) is 10.5. The smallest absolute Gasteiger partial charge is 0.264 e. The van der Waals surface area contributed by atoms with E-state index in [1.54, 1.807) is 23.1 Å². The zero-order valence-electron chi connectivity index (χ0n) is 16.5. The molecule has 1 spiro atoms. The molecule has 0 atom stereocenters. The molecule has 5 nitrogen and oxygen atoms in total. The number of para-hydroxylation sites is 1. The number of hydrogen-bond donors (Lipinski definition) is 0. The first kappa shape index (κ1) is 18.2. The van der Waals surface area contributed by atoms with Crippen molar-refractivity contribution >= 4 is 17.4 Å². The van der Waals surface area contributed by atoms with Crippen LogP contribution in [0.2, 0.25) is 0 Å². The number of hydrogen-bond acceptors (Lipinski definition) is 4. The van der Waals surface area contributed by atoms with Gasteiger partial charge in [0.25, 0.3) is 5.91 Å². The summed E-state index contributed by atoms with van der Waals surface area (Å²) in [6.45, 7) is 0.651. The maximum atomic E-state index is 12.7. The van der Waals surface area contributed by atoms with Crippen molar-refractivity contribution in [3.63, 3.8) is 0 Å². The summed E-state index contributed by atoms with van der Waals surface area (Å²) in [6, 6.07) is 13.3. The monoisotopic (exact) mass is 391 g/mol. The molecule has 1 amide bonds. The Labute approximate surface area is 170 Å². The third kappa shape index (κ3) is 3.39. The van der Waals surface area contributed by atoms with Gasteiger partial charge < -0.3 is 14.4 Å². The molecule has 0 bridgehead atoms. The van der Waals surface area contributed by atoms with Gasteiger partial charge in [0.1, 0.15) is 17.1 Å². The van der Waals surface area contributed by atoms with Crippen molar-refractivity contribution in [1.82, 2.24) is 0 Å². The van der Waals surface area contributed by atoms with Gasteiger partial charge in [0.15, 0.2) is 12.4 Å². The van der Waals surface area contributed by atoms with Crippen molar-refractivity contribution in [2.75, 3.05) is 18.1 Å². The van der Waals surface area contributed by atoms with Crippen LogP contribution in [0.15, 0.2) is 42.5 Å². The van der Waals surface area contributed by atoms with Gasteiger partial charge in [0.2, 0.25) is 0 Å². The predicted octanol–water partition coefficient (Wildman–Crippen LogP) is 4.32. The summed E-state index contributed by atoms with van der Waals surface area (Å²) in [5.74, 6) is 1.24. The third-order valence-electron chi connectivity index (χ3n) is 6.38. The summed E-state index contributed by atoms with van der Waals surface area (Å²) in [5.41, 5.74) is 2.43. The number of carbonyl (C=O) groups is 2. The van der Waals surface area contributed by atoms with Crippen molar-refractivity contribution in [3.05, 3.63) is 53.6 Å². The van der Waals surface area contributed by atoms with Gasteiger partial charge in [-0.15, -0.1) is 0 Å². The van der Waals surface area contributed by atoms with Crippen LogP contribution in [0.25, 0.3) is 0 Å². The van der Waals surface area contributed by atoms with Crippen LogP contribution in [0.3, 0.4) is 0 Å². The predicted molar refractivity (Wildman–Crippen MR) is 110 cm³/mol. The second kappa shape index (κ2) is 7.21. The lowest BCUT2D eigenvalue weighted by molar-refractivity contribution is -0.120. The van der Waals surface area contributed by atoms with Crippen molar-refractivity contribution in [1.29, 1.82) is 0 Å². The van der Waals surface area contributed by atoms with Crippen LogP contribution >= 0.6 is 0 Å². The SMILES string of the molecule is O=C1CC2(CCCCC2)Oc2cc(OCC(=O)N3CCc4ccccc43)ccc21. The second-order valence-electron chi connectivity index (χ2n) is 8.32. The molecule has 0 aromatic heterocycles. The zero-order valence-corrected chi connectivity index (χ0v) is 16.5. The van der Waals surface area contributed by atoms with Crippen LogP contribution < -0.4 is 14.4 Å². The highest BCUT2D eigenvalue weighted by Crippen LogP contribution is 2.42. The topological polar surface area (TPSA) is 55.8 Å².